The predicted octanol–water partition coefficient (Wildman–Crippen LogP) is -0.0107. The van der Waals surface area contributed by atoms with Crippen molar-refractivity contribution >= 4 is 29.7 Å². The van der Waals surface area contributed by atoms with Crippen molar-refractivity contribution in [2.45, 2.75) is 12.8 Å². The van der Waals surface area contributed by atoms with E-state index in [2.05, 4.69) is 0 Å². The number of hydrogen-bond donors (Lipinski definition) is 0. The summed E-state index contributed by atoms with van der Waals surface area (Å²) in [6.45, 7) is 0. The number of carbonyl (C=O) groups is 1. The third-order valence-corrected chi connectivity index (χ3v) is 0.861. The van der Waals surface area contributed by atoms with Crippen molar-refractivity contribution in [1.29, 1.82) is 0 Å². The molecular weight excluding hydrogens is 195 g/mol. The minimum absolute atomic E-state index is 0. The van der Waals surface area contributed by atoms with E-state index in [1.165, 1.54) is 0 Å². The van der Waals surface area contributed by atoms with E-state index in [1.54, 1.807) is 6.08 Å². The molecule has 1 rings (SSSR count). The first-order valence-electron chi connectivity index (χ1n) is 2.09. The van der Waals surface area contributed by atoms with Gasteiger partial charge < -0.3 is 0 Å². The van der Waals surface area contributed by atoms with Gasteiger partial charge in [0.15, 0.2) is 5.78 Å². The van der Waals surface area contributed by atoms with Gasteiger partial charge in [0.25, 0.3) is 0 Å². The molecule has 7 heavy (non-hydrogen) atoms. The van der Waals surface area contributed by atoms with Gasteiger partial charge in [-0.25, -0.2) is 0 Å². The maximum absolute atomic E-state index is 10.2. The second-order valence-corrected chi connectivity index (χ2v) is 1.41. The fourth-order valence-corrected chi connectivity index (χ4v) is 0.524. The van der Waals surface area contributed by atoms with Gasteiger partial charge in [-0.15, -0.1) is 0 Å². The Morgan fingerprint density at radius 3 is 2.43 bits per heavy atom. The van der Waals surface area contributed by atoms with Crippen molar-refractivity contribution in [1.82, 2.24) is 0 Å². The van der Waals surface area contributed by atoms with E-state index in [-0.39, 0.29) is 29.7 Å². The molecular formula is C5H8OSn. The molecule has 0 atom stereocenters. The third kappa shape index (κ3) is 2.12. The fraction of sp³-hybridized carbons (Fsp3) is 0.400. The van der Waals surface area contributed by atoms with Gasteiger partial charge in [-0.1, -0.05) is 6.08 Å². The Morgan fingerprint density at radius 1 is 1.57 bits per heavy atom. The van der Waals surface area contributed by atoms with Crippen LogP contribution >= 0.6 is 0 Å². The van der Waals surface area contributed by atoms with Crippen LogP contribution in [0.2, 0.25) is 0 Å². The summed E-state index contributed by atoms with van der Waals surface area (Å²) in [4.78, 5) is 10.2. The van der Waals surface area contributed by atoms with Crippen LogP contribution in [0, 0.1) is 0 Å². The SMILES string of the molecule is O=C1C=CCC1.[SnH2]. The van der Waals surface area contributed by atoms with Gasteiger partial charge in [0, 0.05) is 6.42 Å². The molecule has 0 bridgehead atoms. The summed E-state index contributed by atoms with van der Waals surface area (Å²) in [5.74, 6) is 0.273. The van der Waals surface area contributed by atoms with Crippen LogP contribution in [0.5, 0.6) is 0 Å². The number of ketones is 1. The quantitative estimate of drug-likeness (QED) is 0.506. The Morgan fingerprint density at radius 2 is 2.29 bits per heavy atom. The first-order chi connectivity index (χ1) is 2.89. The molecule has 0 saturated carbocycles. The Kier molecular flexibility index (Phi) is 3.34. The third-order valence-electron chi connectivity index (χ3n) is 0.861. The molecule has 2 heteroatoms. The van der Waals surface area contributed by atoms with Crippen LogP contribution < -0.4 is 0 Å². The van der Waals surface area contributed by atoms with E-state index < -0.39 is 0 Å². The average molecular weight is 203 g/mol. The van der Waals surface area contributed by atoms with E-state index in [9.17, 15) is 4.79 Å². The van der Waals surface area contributed by atoms with Crippen molar-refractivity contribution in [2.24, 2.45) is 0 Å². The standard InChI is InChI=1S/C5H6O.Sn.2H/c6-5-3-1-2-4-5;;;/h1,3H,2,4H2;;;. The van der Waals surface area contributed by atoms with E-state index in [1.807, 2.05) is 6.08 Å². The van der Waals surface area contributed by atoms with E-state index >= 15 is 0 Å². The molecule has 0 heterocycles. The molecule has 0 amide bonds. The van der Waals surface area contributed by atoms with Crippen LogP contribution in [-0.2, 0) is 4.79 Å². The van der Waals surface area contributed by atoms with Gasteiger partial charge >= 0.3 is 23.9 Å². The molecule has 1 nitrogen and oxygen atoms in total. The topological polar surface area (TPSA) is 17.1 Å². The van der Waals surface area contributed by atoms with Gasteiger partial charge in [0.05, 0.1) is 0 Å². The monoisotopic (exact) mass is 204 g/mol. The molecule has 0 aliphatic heterocycles. The molecule has 0 aromatic heterocycles. The summed E-state index contributed by atoms with van der Waals surface area (Å²) >= 11 is 0. The van der Waals surface area contributed by atoms with Gasteiger partial charge in [0.2, 0.25) is 0 Å². The molecule has 38 valence electrons. The number of allylic oxidation sites excluding steroid dienone is 2. The normalized spacial score (nSPS) is 16.9. The molecule has 0 N–H and O–H groups in total. The first-order valence-corrected chi connectivity index (χ1v) is 2.09. The predicted molar refractivity (Wildman–Crippen MR) is 31.9 cm³/mol. The molecule has 0 unspecified atom stereocenters. The van der Waals surface area contributed by atoms with Crippen LogP contribution in [0.1, 0.15) is 12.8 Å². The molecule has 0 fully saturated rings. The van der Waals surface area contributed by atoms with E-state index in [0.717, 1.165) is 12.8 Å². The summed E-state index contributed by atoms with van der Waals surface area (Å²) in [6, 6.07) is 0. The van der Waals surface area contributed by atoms with Crippen molar-refractivity contribution in [3.8, 4) is 0 Å². The van der Waals surface area contributed by atoms with Gasteiger partial charge in [-0.3, -0.25) is 4.79 Å². The molecule has 1 aliphatic rings. The minimum atomic E-state index is 0. The summed E-state index contributed by atoms with van der Waals surface area (Å²) < 4.78 is 0. The molecule has 0 aromatic carbocycles. The Hall–Kier alpha value is 0.209. The molecule has 0 spiro atoms. The summed E-state index contributed by atoms with van der Waals surface area (Å²) in [5, 5.41) is 0. The van der Waals surface area contributed by atoms with Gasteiger partial charge in [-0.05, 0) is 12.5 Å². The Bertz CT molecular complexity index is 96.3. The van der Waals surface area contributed by atoms with E-state index in [4.69, 9.17) is 0 Å². The fourth-order valence-electron chi connectivity index (χ4n) is 0.524. The van der Waals surface area contributed by atoms with Crippen molar-refractivity contribution in [3.05, 3.63) is 12.2 Å². The Labute approximate surface area is 59.7 Å². The van der Waals surface area contributed by atoms with Gasteiger partial charge in [-0.2, -0.15) is 0 Å². The zero-order valence-corrected chi connectivity index (χ0v) is 8.22. The van der Waals surface area contributed by atoms with E-state index in [0.29, 0.717) is 0 Å². The average Bonchev–Trinajstić information content (AvgIpc) is 1.86. The second-order valence-electron chi connectivity index (χ2n) is 1.41. The molecule has 2 radical (unpaired) electrons. The molecule has 0 saturated heterocycles. The first kappa shape index (κ1) is 7.21. The van der Waals surface area contributed by atoms with Crippen LogP contribution in [0.3, 0.4) is 0 Å². The number of hydrogen-bond acceptors (Lipinski definition) is 1. The summed E-state index contributed by atoms with van der Waals surface area (Å²) in [5.41, 5.74) is 0. The van der Waals surface area contributed by atoms with Crippen LogP contribution in [0.15, 0.2) is 12.2 Å². The molecule has 0 aromatic rings. The van der Waals surface area contributed by atoms with Crippen LogP contribution in [-0.4, -0.2) is 29.7 Å². The van der Waals surface area contributed by atoms with Crippen LogP contribution in [0.25, 0.3) is 0 Å². The zero-order valence-electron chi connectivity index (χ0n) is 4.18. The zero-order chi connectivity index (χ0) is 4.41. The molecule has 1 aliphatic carbocycles. The van der Waals surface area contributed by atoms with Gasteiger partial charge in [0.1, 0.15) is 0 Å². The maximum atomic E-state index is 10.2. The van der Waals surface area contributed by atoms with Crippen molar-refractivity contribution in [3.63, 3.8) is 0 Å². The summed E-state index contributed by atoms with van der Waals surface area (Å²) in [7, 11) is 0. The van der Waals surface area contributed by atoms with Crippen LogP contribution in [0.4, 0.5) is 0 Å². The second kappa shape index (κ2) is 3.24. The number of rotatable bonds is 0. The summed E-state index contributed by atoms with van der Waals surface area (Å²) in [6.07, 6.45) is 5.24. The Balaban J connectivity index is 0.000000360. The van der Waals surface area contributed by atoms with Crippen molar-refractivity contribution in [2.75, 3.05) is 0 Å². The number of carbonyl (C=O) groups excluding carboxylic acids is 1. The van der Waals surface area contributed by atoms with Crippen molar-refractivity contribution < 1.29 is 4.79 Å².